The van der Waals surface area contributed by atoms with Gasteiger partial charge in [0.15, 0.2) is 0 Å². The Morgan fingerprint density at radius 1 is 1.28 bits per heavy atom. The van der Waals surface area contributed by atoms with Gasteiger partial charge in [0.2, 0.25) is 0 Å². The molecule has 3 heteroatoms. The Morgan fingerprint density at radius 3 is 2.56 bits per heavy atom. The lowest BCUT2D eigenvalue weighted by molar-refractivity contribution is 0.571. The number of nitrogens with zero attached hydrogens (tertiary/aromatic N) is 1. The molecular weight excluding hydrogens is 244 g/mol. The van der Waals surface area contributed by atoms with Crippen LogP contribution in [0.4, 0.5) is 5.69 Å². The second-order valence-electron chi connectivity index (χ2n) is 4.81. The van der Waals surface area contributed by atoms with Crippen LogP contribution in [0.2, 0.25) is 5.02 Å². The van der Waals surface area contributed by atoms with Crippen LogP contribution in [0.15, 0.2) is 18.2 Å². The van der Waals surface area contributed by atoms with Crippen LogP contribution in [0, 0.1) is 0 Å². The van der Waals surface area contributed by atoms with E-state index in [4.69, 9.17) is 11.6 Å². The molecule has 1 aromatic rings. The number of anilines is 1. The molecule has 0 saturated heterocycles. The minimum Gasteiger partial charge on any atom is -0.373 e. The van der Waals surface area contributed by atoms with Gasteiger partial charge in [0, 0.05) is 19.6 Å². The molecule has 0 bridgehead atoms. The maximum Gasteiger partial charge on any atom is 0.0642 e. The second-order valence-corrected chi connectivity index (χ2v) is 5.22. The van der Waals surface area contributed by atoms with Crippen molar-refractivity contribution in [2.24, 2.45) is 0 Å². The fourth-order valence-electron chi connectivity index (χ4n) is 2.04. The summed E-state index contributed by atoms with van der Waals surface area (Å²) < 4.78 is 0. The molecule has 2 nitrogen and oxygen atoms in total. The van der Waals surface area contributed by atoms with Crippen molar-refractivity contribution in [3.8, 4) is 0 Å². The summed E-state index contributed by atoms with van der Waals surface area (Å²) in [5.41, 5.74) is 2.37. The zero-order valence-corrected chi connectivity index (χ0v) is 12.7. The van der Waals surface area contributed by atoms with E-state index >= 15 is 0 Å². The summed E-state index contributed by atoms with van der Waals surface area (Å²) in [5.74, 6) is 0. The molecule has 0 aliphatic carbocycles. The van der Waals surface area contributed by atoms with Gasteiger partial charge >= 0.3 is 0 Å². The predicted octanol–water partition coefficient (Wildman–Crippen LogP) is 4.25. The minimum atomic E-state index is 0.355. The zero-order valence-electron chi connectivity index (χ0n) is 12.0. The summed E-state index contributed by atoms with van der Waals surface area (Å²) in [6.07, 6.45) is 2.28. The minimum absolute atomic E-state index is 0.355. The maximum absolute atomic E-state index is 6.37. The molecule has 1 atom stereocenters. The average molecular weight is 269 g/mol. The van der Waals surface area contributed by atoms with E-state index in [-0.39, 0.29) is 0 Å². The highest BCUT2D eigenvalue weighted by Gasteiger charge is 2.09. The van der Waals surface area contributed by atoms with Gasteiger partial charge in [0.1, 0.15) is 0 Å². The molecule has 0 heterocycles. The molecule has 1 rings (SSSR count). The summed E-state index contributed by atoms with van der Waals surface area (Å²) in [6, 6.07) is 6.72. The number of hydrogen-bond acceptors (Lipinski definition) is 2. The quantitative estimate of drug-likeness (QED) is 0.795. The van der Waals surface area contributed by atoms with Crippen molar-refractivity contribution in [2.45, 2.75) is 39.7 Å². The van der Waals surface area contributed by atoms with E-state index in [9.17, 15) is 0 Å². The summed E-state index contributed by atoms with van der Waals surface area (Å²) in [7, 11) is 2.09. The zero-order chi connectivity index (χ0) is 13.5. The van der Waals surface area contributed by atoms with Gasteiger partial charge in [-0.3, -0.25) is 0 Å². The Hall–Kier alpha value is -0.730. The van der Waals surface area contributed by atoms with Crippen LogP contribution < -0.4 is 10.2 Å². The molecule has 0 radical (unpaired) electrons. The van der Waals surface area contributed by atoms with Crippen molar-refractivity contribution in [2.75, 3.05) is 25.0 Å². The number of hydrogen-bond donors (Lipinski definition) is 1. The van der Waals surface area contributed by atoms with Gasteiger partial charge in [-0.25, -0.2) is 0 Å². The van der Waals surface area contributed by atoms with Crippen LogP contribution in [-0.2, 0) is 0 Å². The molecule has 0 spiro atoms. The van der Waals surface area contributed by atoms with E-state index in [0.29, 0.717) is 6.04 Å². The van der Waals surface area contributed by atoms with E-state index in [2.05, 4.69) is 56.2 Å². The molecule has 0 saturated carbocycles. The van der Waals surface area contributed by atoms with Crippen LogP contribution in [0.1, 0.15) is 45.2 Å². The number of halogens is 1. The van der Waals surface area contributed by atoms with Crippen LogP contribution in [0.3, 0.4) is 0 Å². The first kappa shape index (κ1) is 15.3. The third-order valence-electron chi connectivity index (χ3n) is 3.14. The molecule has 0 aliphatic rings. The fraction of sp³-hybridized carbons (Fsp3) is 0.600. The first-order valence-corrected chi connectivity index (χ1v) is 7.21. The molecule has 0 fully saturated rings. The Morgan fingerprint density at radius 2 is 2.00 bits per heavy atom. The van der Waals surface area contributed by atoms with E-state index in [0.717, 1.165) is 36.6 Å². The molecule has 1 N–H and O–H groups in total. The van der Waals surface area contributed by atoms with Crippen molar-refractivity contribution < 1.29 is 0 Å². The van der Waals surface area contributed by atoms with Gasteiger partial charge in [0.05, 0.1) is 10.7 Å². The first-order valence-electron chi connectivity index (χ1n) is 6.84. The Kier molecular flexibility index (Phi) is 6.51. The molecule has 1 unspecified atom stereocenters. The maximum atomic E-state index is 6.37. The van der Waals surface area contributed by atoms with E-state index < -0.39 is 0 Å². The van der Waals surface area contributed by atoms with Crippen molar-refractivity contribution in [1.29, 1.82) is 0 Å². The highest BCUT2D eigenvalue weighted by molar-refractivity contribution is 6.33. The van der Waals surface area contributed by atoms with Crippen LogP contribution in [0.25, 0.3) is 0 Å². The summed E-state index contributed by atoms with van der Waals surface area (Å²) >= 11 is 6.37. The van der Waals surface area contributed by atoms with Gasteiger partial charge in [0.25, 0.3) is 0 Å². The first-order chi connectivity index (χ1) is 8.60. The summed E-state index contributed by atoms with van der Waals surface area (Å²) in [6.45, 7) is 8.60. The lowest BCUT2D eigenvalue weighted by atomic mass is 10.1. The fourth-order valence-corrected chi connectivity index (χ4v) is 2.37. The van der Waals surface area contributed by atoms with Gasteiger partial charge < -0.3 is 10.2 Å². The standard InChI is InChI=1S/C15H25ClN2/c1-5-9-17-12(3)13-7-8-15(14(16)11-13)18(4)10-6-2/h7-8,11-12,17H,5-6,9-10H2,1-4H3. The SMILES string of the molecule is CCCNC(C)c1ccc(N(C)CCC)c(Cl)c1. The van der Waals surface area contributed by atoms with Crippen molar-refractivity contribution in [1.82, 2.24) is 5.32 Å². The van der Waals surface area contributed by atoms with E-state index in [1.165, 1.54) is 5.56 Å². The highest BCUT2D eigenvalue weighted by atomic mass is 35.5. The molecule has 0 amide bonds. The number of benzene rings is 1. The van der Waals surface area contributed by atoms with Gasteiger partial charge in [-0.1, -0.05) is 31.5 Å². The smallest absolute Gasteiger partial charge is 0.0642 e. The third kappa shape index (κ3) is 4.18. The molecule has 18 heavy (non-hydrogen) atoms. The normalized spacial score (nSPS) is 12.5. The van der Waals surface area contributed by atoms with Crippen molar-refractivity contribution in [3.63, 3.8) is 0 Å². The van der Waals surface area contributed by atoms with Crippen LogP contribution in [-0.4, -0.2) is 20.1 Å². The Labute approximate surface area is 116 Å². The van der Waals surface area contributed by atoms with Gasteiger partial charge in [-0.2, -0.15) is 0 Å². The van der Waals surface area contributed by atoms with Crippen LogP contribution in [0.5, 0.6) is 0 Å². The van der Waals surface area contributed by atoms with Crippen LogP contribution >= 0.6 is 11.6 Å². The average Bonchev–Trinajstić information content (AvgIpc) is 2.35. The Balaban J connectivity index is 2.78. The monoisotopic (exact) mass is 268 g/mol. The highest BCUT2D eigenvalue weighted by Crippen LogP contribution is 2.28. The van der Waals surface area contributed by atoms with E-state index in [1.54, 1.807) is 0 Å². The topological polar surface area (TPSA) is 15.3 Å². The van der Waals surface area contributed by atoms with E-state index in [1.807, 2.05) is 0 Å². The second kappa shape index (κ2) is 7.65. The predicted molar refractivity (Wildman–Crippen MR) is 81.7 cm³/mol. The van der Waals surface area contributed by atoms with Gasteiger partial charge in [-0.15, -0.1) is 0 Å². The largest absolute Gasteiger partial charge is 0.373 e. The van der Waals surface area contributed by atoms with Gasteiger partial charge in [-0.05, 0) is 44.0 Å². The molecule has 0 aliphatic heterocycles. The number of rotatable bonds is 7. The lowest BCUT2D eigenvalue weighted by Gasteiger charge is -2.21. The molecule has 102 valence electrons. The summed E-state index contributed by atoms with van der Waals surface area (Å²) in [4.78, 5) is 2.20. The summed E-state index contributed by atoms with van der Waals surface area (Å²) in [5, 5.41) is 4.32. The Bertz CT molecular complexity index is 366. The van der Waals surface area contributed by atoms with Crippen molar-refractivity contribution in [3.05, 3.63) is 28.8 Å². The molecular formula is C15H25ClN2. The van der Waals surface area contributed by atoms with Crippen molar-refractivity contribution >= 4 is 17.3 Å². The molecule has 1 aromatic carbocycles. The molecule has 0 aromatic heterocycles. The number of nitrogens with one attached hydrogen (secondary N) is 1. The lowest BCUT2D eigenvalue weighted by Crippen LogP contribution is -2.20. The third-order valence-corrected chi connectivity index (χ3v) is 3.45.